The molecule has 3 atom stereocenters. The molecule has 2 aromatic heterocycles. The molecule has 0 aliphatic carbocycles. The van der Waals surface area contributed by atoms with Gasteiger partial charge < -0.3 is 19.4 Å². The van der Waals surface area contributed by atoms with Crippen LogP contribution in [0.5, 0.6) is 5.88 Å². The second-order valence-electron chi connectivity index (χ2n) is 10.1. The minimum absolute atomic E-state index is 0.196. The molecule has 3 aliphatic heterocycles. The molecule has 0 saturated carbocycles. The maximum absolute atomic E-state index is 6.13. The van der Waals surface area contributed by atoms with Gasteiger partial charge in [0.15, 0.2) is 0 Å². The number of fused-ring (bicyclic) bond motifs is 5. The Morgan fingerprint density at radius 1 is 1.12 bits per heavy atom. The first-order valence-corrected chi connectivity index (χ1v) is 11.6. The first-order chi connectivity index (χ1) is 15.4. The van der Waals surface area contributed by atoms with E-state index in [2.05, 4.69) is 66.4 Å². The van der Waals surface area contributed by atoms with Gasteiger partial charge in [0.2, 0.25) is 11.8 Å². The number of nitrogens with zero attached hydrogens (tertiary/aromatic N) is 3. The van der Waals surface area contributed by atoms with Gasteiger partial charge in [-0.1, -0.05) is 19.9 Å². The molecule has 2 saturated heterocycles. The van der Waals surface area contributed by atoms with Gasteiger partial charge in [-0.05, 0) is 61.6 Å². The van der Waals surface area contributed by atoms with Crippen molar-refractivity contribution in [2.75, 3.05) is 11.9 Å². The first kappa shape index (κ1) is 19.8. The summed E-state index contributed by atoms with van der Waals surface area (Å²) in [6, 6.07) is 12.3. The second-order valence-corrected chi connectivity index (χ2v) is 10.1. The number of anilines is 1. The second kappa shape index (κ2) is 7.07. The van der Waals surface area contributed by atoms with Crippen LogP contribution in [-0.2, 0) is 6.61 Å². The Bertz CT molecular complexity index is 1180. The minimum atomic E-state index is 0.196. The summed E-state index contributed by atoms with van der Waals surface area (Å²) in [7, 11) is 2.19. The summed E-state index contributed by atoms with van der Waals surface area (Å²) in [4.78, 5) is 11.7. The van der Waals surface area contributed by atoms with Gasteiger partial charge in [-0.15, -0.1) is 0 Å². The average molecular weight is 431 g/mol. The minimum Gasteiger partial charge on any atom is -0.472 e. The first-order valence-electron chi connectivity index (χ1n) is 11.6. The molecule has 0 radical (unpaired) electrons. The van der Waals surface area contributed by atoms with Crippen molar-refractivity contribution >= 4 is 5.82 Å². The van der Waals surface area contributed by atoms with E-state index >= 15 is 0 Å². The molecular formula is C26H30N4O2. The fourth-order valence-electron chi connectivity index (χ4n) is 5.90. The van der Waals surface area contributed by atoms with Crippen LogP contribution in [-0.4, -0.2) is 35.1 Å². The number of piperidine rings is 1. The van der Waals surface area contributed by atoms with E-state index < -0.39 is 0 Å². The van der Waals surface area contributed by atoms with Gasteiger partial charge in [0.25, 0.3) is 0 Å². The molecular weight excluding hydrogens is 400 g/mol. The number of hydrogen-bond acceptors (Lipinski definition) is 6. The summed E-state index contributed by atoms with van der Waals surface area (Å²) in [6.07, 6.45) is 5.46. The van der Waals surface area contributed by atoms with Crippen LogP contribution in [0.15, 0.2) is 40.9 Å². The Morgan fingerprint density at radius 3 is 2.78 bits per heavy atom. The molecule has 3 aliphatic rings. The molecule has 6 nitrogen and oxygen atoms in total. The van der Waals surface area contributed by atoms with Crippen molar-refractivity contribution in [3.05, 3.63) is 47.9 Å². The smallest absolute Gasteiger partial charge is 0.226 e. The normalized spacial score (nSPS) is 25.1. The Labute approximate surface area is 189 Å². The van der Waals surface area contributed by atoms with Crippen molar-refractivity contribution < 1.29 is 9.15 Å². The number of benzene rings is 1. The van der Waals surface area contributed by atoms with E-state index in [0.29, 0.717) is 30.6 Å². The largest absolute Gasteiger partial charge is 0.472 e. The Hall–Kier alpha value is -2.86. The zero-order chi connectivity index (χ0) is 22.0. The van der Waals surface area contributed by atoms with Crippen LogP contribution in [0.1, 0.15) is 44.4 Å². The van der Waals surface area contributed by atoms with Gasteiger partial charge in [0.1, 0.15) is 18.2 Å². The highest BCUT2D eigenvalue weighted by atomic mass is 16.5. The van der Waals surface area contributed by atoms with Crippen LogP contribution in [0.4, 0.5) is 5.82 Å². The van der Waals surface area contributed by atoms with Crippen molar-refractivity contribution in [3.63, 3.8) is 0 Å². The lowest BCUT2D eigenvalue weighted by molar-refractivity contribution is 0.151. The lowest BCUT2D eigenvalue weighted by Crippen LogP contribution is -2.59. The van der Waals surface area contributed by atoms with E-state index in [9.17, 15) is 0 Å². The van der Waals surface area contributed by atoms with Crippen LogP contribution >= 0.6 is 0 Å². The summed E-state index contributed by atoms with van der Waals surface area (Å²) in [5, 5.41) is 3.81. The maximum atomic E-state index is 6.13. The highest BCUT2D eigenvalue weighted by Gasteiger charge is 2.48. The van der Waals surface area contributed by atoms with Crippen molar-refractivity contribution in [2.24, 2.45) is 5.41 Å². The molecule has 6 rings (SSSR count). The third-order valence-electron chi connectivity index (χ3n) is 7.81. The number of aryl methyl sites for hydroxylation is 1. The Kier molecular flexibility index (Phi) is 4.37. The molecule has 1 N–H and O–H groups in total. The molecule has 2 fully saturated rings. The summed E-state index contributed by atoms with van der Waals surface area (Å²) in [6.45, 7) is 7.19. The molecule has 166 valence electrons. The molecule has 5 heterocycles. The lowest BCUT2D eigenvalue weighted by atomic mass is 9.73. The fourth-order valence-corrected chi connectivity index (χ4v) is 5.90. The van der Waals surface area contributed by atoms with Crippen LogP contribution in [0, 0.1) is 12.3 Å². The van der Waals surface area contributed by atoms with Crippen molar-refractivity contribution in [1.29, 1.82) is 0 Å². The third kappa shape index (κ3) is 3.04. The standard InChI is InChI=1S/C26H30N4O2/c1-15-13-27-24(32-15)16-5-7-19-17(11-16)14-31-25-20(19)8-10-23(29-25)30(4)22-12-18-6-9-21(28-18)26(22,2)3/h5,7-8,10-11,13,18,21-22,28H,6,9,12,14H2,1-4H3/t18-,21+,22-/m0/s1. The van der Waals surface area contributed by atoms with Gasteiger partial charge >= 0.3 is 0 Å². The number of pyridine rings is 1. The molecule has 0 unspecified atom stereocenters. The number of ether oxygens (including phenoxy) is 1. The van der Waals surface area contributed by atoms with Gasteiger partial charge in [-0.3, -0.25) is 0 Å². The third-order valence-corrected chi connectivity index (χ3v) is 7.81. The monoisotopic (exact) mass is 430 g/mol. The van der Waals surface area contributed by atoms with Gasteiger partial charge in [0, 0.05) is 41.7 Å². The van der Waals surface area contributed by atoms with Gasteiger partial charge in [-0.25, -0.2) is 4.98 Å². The topological polar surface area (TPSA) is 63.4 Å². The van der Waals surface area contributed by atoms with E-state index in [-0.39, 0.29) is 5.41 Å². The number of oxazole rings is 1. The zero-order valence-electron chi connectivity index (χ0n) is 19.2. The van der Waals surface area contributed by atoms with Crippen LogP contribution < -0.4 is 15.0 Å². The van der Waals surface area contributed by atoms with Gasteiger partial charge in [-0.2, -0.15) is 4.98 Å². The number of hydrogen-bond donors (Lipinski definition) is 1. The Balaban J connectivity index is 1.30. The molecule has 1 aromatic carbocycles. The Morgan fingerprint density at radius 2 is 1.97 bits per heavy atom. The summed E-state index contributed by atoms with van der Waals surface area (Å²) in [5.41, 5.74) is 4.51. The van der Waals surface area contributed by atoms with Crippen LogP contribution in [0.25, 0.3) is 22.6 Å². The van der Waals surface area contributed by atoms with E-state index in [4.69, 9.17) is 14.1 Å². The molecule has 3 aromatic rings. The van der Waals surface area contributed by atoms with Crippen LogP contribution in [0.3, 0.4) is 0 Å². The quantitative estimate of drug-likeness (QED) is 0.634. The summed E-state index contributed by atoms with van der Waals surface area (Å²) in [5.74, 6) is 3.16. The average Bonchev–Trinajstić information content (AvgIpc) is 3.43. The SMILES string of the molecule is Cc1cnc(-c2ccc3c(c2)COc2nc(N(C)[C@H]4C[C@@H]5CC[C@@H](N5)C4(C)C)ccc2-3)o1. The molecule has 2 bridgehead atoms. The number of rotatable bonds is 3. The van der Waals surface area contributed by atoms with E-state index in [1.54, 1.807) is 6.20 Å². The maximum Gasteiger partial charge on any atom is 0.226 e. The highest BCUT2D eigenvalue weighted by Crippen LogP contribution is 2.44. The van der Waals surface area contributed by atoms with Crippen molar-refractivity contribution in [1.82, 2.24) is 15.3 Å². The van der Waals surface area contributed by atoms with Crippen molar-refractivity contribution in [2.45, 2.75) is 64.8 Å². The zero-order valence-corrected chi connectivity index (χ0v) is 19.2. The highest BCUT2D eigenvalue weighted by molar-refractivity contribution is 5.77. The molecule has 6 heteroatoms. The predicted molar refractivity (Wildman–Crippen MR) is 125 cm³/mol. The summed E-state index contributed by atoms with van der Waals surface area (Å²) < 4.78 is 11.8. The lowest BCUT2D eigenvalue weighted by Gasteiger charge is -2.48. The van der Waals surface area contributed by atoms with E-state index in [1.807, 2.05) is 6.92 Å². The van der Waals surface area contributed by atoms with E-state index in [1.165, 1.54) is 18.4 Å². The molecule has 32 heavy (non-hydrogen) atoms. The number of aromatic nitrogens is 2. The van der Waals surface area contributed by atoms with Gasteiger partial charge in [0.05, 0.1) is 6.20 Å². The fraction of sp³-hybridized carbons (Fsp3) is 0.462. The molecule has 0 spiro atoms. The molecule has 0 amide bonds. The predicted octanol–water partition coefficient (Wildman–Crippen LogP) is 4.96. The number of nitrogens with one attached hydrogen (secondary N) is 1. The van der Waals surface area contributed by atoms with Crippen molar-refractivity contribution in [3.8, 4) is 28.5 Å². The van der Waals surface area contributed by atoms with Crippen LogP contribution in [0.2, 0.25) is 0 Å². The van der Waals surface area contributed by atoms with E-state index in [0.717, 1.165) is 40.6 Å². The summed E-state index contributed by atoms with van der Waals surface area (Å²) >= 11 is 0.